The standard InChI is InChI=1S/C13H19N3OS/c1-7(17-5)6-10-15-12(14-4)11-8(2)9(3)18-13(11)16-10/h7H,6H2,1-5H3,(H,14,15,16). The predicted molar refractivity (Wildman–Crippen MR) is 76.6 cm³/mol. The van der Waals surface area contributed by atoms with E-state index in [0.29, 0.717) is 0 Å². The molecule has 1 N–H and O–H groups in total. The normalized spacial score (nSPS) is 12.9. The van der Waals surface area contributed by atoms with Gasteiger partial charge >= 0.3 is 0 Å². The van der Waals surface area contributed by atoms with Crippen LogP contribution in [0.25, 0.3) is 10.2 Å². The van der Waals surface area contributed by atoms with Crippen LogP contribution in [0.1, 0.15) is 23.2 Å². The third kappa shape index (κ3) is 2.33. The van der Waals surface area contributed by atoms with E-state index in [1.54, 1.807) is 18.4 Å². The Morgan fingerprint density at radius 1 is 1.33 bits per heavy atom. The van der Waals surface area contributed by atoms with Crippen LogP contribution in [0.2, 0.25) is 0 Å². The number of hydrogen-bond acceptors (Lipinski definition) is 5. The monoisotopic (exact) mass is 265 g/mol. The Balaban J connectivity index is 2.53. The minimum Gasteiger partial charge on any atom is -0.381 e. The van der Waals surface area contributed by atoms with Gasteiger partial charge in [0, 0.05) is 25.5 Å². The number of thiophene rings is 1. The molecule has 4 nitrogen and oxygen atoms in total. The minimum absolute atomic E-state index is 0.134. The van der Waals surface area contributed by atoms with E-state index in [2.05, 4.69) is 29.1 Å². The molecule has 98 valence electrons. The zero-order valence-corrected chi connectivity index (χ0v) is 12.3. The van der Waals surface area contributed by atoms with Crippen LogP contribution in [0.15, 0.2) is 0 Å². The second kappa shape index (κ2) is 5.20. The molecule has 0 amide bonds. The molecule has 2 aromatic rings. The largest absolute Gasteiger partial charge is 0.381 e. The third-order valence-corrected chi connectivity index (χ3v) is 4.29. The Bertz CT molecular complexity index is 565. The predicted octanol–water partition coefficient (Wildman–Crippen LogP) is 2.93. The van der Waals surface area contributed by atoms with Crippen LogP contribution in [0.4, 0.5) is 5.82 Å². The molecule has 2 heterocycles. The Hall–Kier alpha value is -1.20. The fourth-order valence-electron chi connectivity index (χ4n) is 1.91. The summed E-state index contributed by atoms with van der Waals surface area (Å²) in [6.45, 7) is 6.27. The average molecular weight is 265 g/mol. The summed E-state index contributed by atoms with van der Waals surface area (Å²) in [5, 5.41) is 4.32. The second-order valence-electron chi connectivity index (χ2n) is 4.45. The van der Waals surface area contributed by atoms with Gasteiger partial charge in [0.25, 0.3) is 0 Å². The van der Waals surface area contributed by atoms with Crippen LogP contribution in [-0.4, -0.2) is 30.2 Å². The minimum atomic E-state index is 0.134. The van der Waals surface area contributed by atoms with E-state index in [1.807, 2.05) is 14.0 Å². The first-order chi connectivity index (χ1) is 8.56. The first kappa shape index (κ1) is 13.2. The molecule has 0 aliphatic heterocycles. The molecule has 0 radical (unpaired) electrons. The molecule has 0 aliphatic carbocycles. The number of nitrogens with one attached hydrogen (secondary N) is 1. The molecule has 0 aliphatic rings. The lowest BCUT2D eigenvalue weighted by atomic mass is 10.2. The highest BCUT2D eigenvalue weighted by Crippen LogP contribution is 2.33. The van der Waals surface area contributed by atoms with Crippen LogP contribution in [0.3, 0.4) is 0 Å². The van der Waals surface area contributed by atoms with Gasteiger partial charge in [-0.05, 0) is 26.3 Å². The van der Waals surface area contributed by atoms with E-state index in [4.69, 9.17) is 4.74 Å². The van der Waals surface area contributed by atoms with Crippen LogP contribution in [-0.2, 0) is 11.2 Å². The van der Waals surface area contributed by atoms with Crippen molar-refractivity contribution in [2.45, 2.75) is 33.3 Å². The van der Waals surface area contributed by atoms with Crippen LogP contribution in [0, 0.1) is 13.8 Å². The SMILES string of the molecule is CNc1nc(CC(C)OC)nc2sc(C)c(C)c12. The van der Waals surface area contributed by atoms with Crippen LogP contribution < -0.4 is 5.32 Å². The molecule has 0 saturated heterocycles. The number of nitrogens with zero attached hydrogens (tertiary/aromatic N) is 2. The molecule has 5 heteroatoms. The van der Waals surface area contributed by atoms with Gasteiger partial charge in [0.15, 0.2) is 0 Å². The summed E-state index contributed by atoms with van der Waals surface area (Å²) in [5.41, 5.74) is 1.27. The maximum atomic E-state index is 5.27. The highest BCUT2D eigenvalue weighted by molar-refractivity contribution is 7.18. The second-order valence-corrected chi connectivity index (χ2v) is 5.66. The summed E-state index contributed by atoms with van der Waals surface area (Å²) >= 11 is 1.73. The maximum Gasteiger partial charge on any atom is 0.138 e. The summed E-state index contributed by atoms with van der Waals surface area (Å²) < 4.78 is 5.27. The Kier molecular flexibility index (Phi) is 3.82. The fourth-order valence-corrected chi connectivity index (χ4v) is 2.95. The van der Waals surface area contributed by atoms with Crippen molar-refractivity contribution in [3.05, 3.63) is 16.3 Å². The van der Waals surface area contributed by atoms with Crippen molar-refractivity contribution < 1.29 is 4.74 Å². The van der Waals surface area contributed by atoms with Gasteiger partial charge in [-0.1, -0.05) is 0 Å². The number of anilines is 1. The third-order valence-electron chi connectivity index (χ3n) is 3.18. The molecule has 2 aromatic heterocycles. The Morgan fingerprint density at radius 3 is 2.67 bits per heavy atom. The smallest absolute Gasteiger partial charge is 0.138 e. The first-order valence-corrected chi connectivity index (χ1v) is 6.85. The van der Waals surface area contributed by atoms with E-state index in [0.717, 1.165) is 28.3 Å². The van der Waals surface area contributed by atoms with Gasteiger partial charge in [-0.3, -0.25) is 0 Å². The molecule has 0 bridgehead atoms. The molecule has 2 rings (SSSR count). The van der Waals surface area contributed by atoms with E-state index in [9.17, 15) is 0 Å². The van der Waals surface area contributed by atoms with Gasteiger partial charge < -0.3 is 10.1 Å². The van der Waals surface area contributed by atoms with Crippen molar-refractivity contribution in [2.75, 3.05) is 19.5 Å². The maximum absolute atomic E-state index is 5.27. The van der Waals surface area contributed by atoms with Gasteiger partial charge in [-0.15, -0.1) is 11.3 Å². The van der Waals surface area contributed by atoms with Gasteiger partial charge in [-0.25, -0.2) is 9.97 Å². The molecule has 1 unspecified atom stereocenters. The fraction of sp³-hybridized carbons (Fsp3) is 0.538. The van der Waals surface area contributed by atoms with E-state index < -0.39 is 0 Å². The number of aromatic nitrogens is 2. The average Bonchev–Trinajstić information content (AvgIpc) is 2.64. The van der Waals surface area contributed by atoms with Gasteiger partial charge in [0.2, 0.25) is 0 Å². The quantitative estimate of drug-likeness (QED) is 0.923. The number of aryl methyl sites for hydroxylation is 2. The van der Waals surface area contributed by atoms with E-state index >= 15 is 0 Å². The molecule has 0 fully saturated rings. The van der Waals surface area contributed by atoms with E-state index in [-0.39, 0.29) is 6.10 Å². The van der Waals surface area contributed by atoms with Crippen molar-refractivity contribution in [2.24, 2.45) is 0 Å². The summed E-state index contributed by atoms with van der Waals surface area (Å²) in [7, 11) is 3.61. The molecule has 0 spiro atoms. The summed E-state index contributed by atoms with van der Waals surface area (Å²) in [6, 6.07) is 0. The molecule has 0 saturated carbocycles. The number of rotatable bonds is 4. The van der Waals surface area contributed by atoms with Crippen molar-refractivity contribution in [1.82, 2.24) is 9.97 Å². The van der Waals surface area contributed by atoms with Crippen molar-refractivity contribution in [3.63, 3.8) is 0 Å². The molecule has 18 heavy (non-hydrogen) atoms. The number of hydrogen-bond donors (Lipinski definition) is 1. The Labute approximate surface area is 111 Å². The van der Waals surface area contributed by atoms with Gasteiger partial charge in [-0.2, -0.15) is 0 Å². The van der Waals surface area contributed by atoms with Gasteiger partial charge in [0.1, 0.15) is 16.5 Å². The number of ether oxygens (including phenoxy) is 1. The van der Waals surface area contributed by atoms with Crippen molar-refractivity contribution in [3.8, 4) is 0 Å². The lowest BCUT2D eigenvalue weighted by Gasteiger charge is -2.10. The number of methoxy groups -OCH3 is 1. The summed E-state index contributed by atoms with van der Waals surface area (Å²) in [6.07, 6.45) is 0.867. The first-order valence-electron chi connectivity index (χ1n) is 6.04. The lowest BCUT2D eigenvalue weighted by Crippen LogP contribution is -2.12. The zero-order chi connectivity index (χ0) is 13.3. The molecular weight excluding hydrogens is 246 g/mol. The Morgan fingerprint density at radius 2 is 2.06 bits per heavy atom. The highest BCUT2D eigenvalue weighted by atomic mass is 32.1. The van der Waals surface area contributed by atoms with Crippen molar-refractivity contribution in [1.29, 1.82) is 0 Å². The molecule has 0 aromatic carbocycles. The number of fused-ring (bicyclic) bond motifs is 1. The summed E-state index contributed by atoms with van der Waals surface area (Å²) in [4.78, 5) is 11.6. The van der Waals surface area contributed by atoms with Gasteiger partial charge in [0.05, 0.1) is 11.5 Å². The zero-order valence-electron chi connectivity index (χ0n) is 11.5. The van der Waals surface area contributed by atoms with Crippen LogP contribution >= 0.6 is 11.3 Å². The lowest BCUT2D eigenvalue weighted by molar-refractivity contribution is 0.117. The van der Waals surface area contributed by atoms with Crippen LogP contribution in [0.5, 0.6) is 0 Å². The van der Waals surface area contributed by atoms with E-state index in [1.165, 1.54) is 10.4 Å². The molecular formula is C13H19N3OS. The highest BCUT2D eigenvalue weighted by Gasteiger charge is 2.14. The molecule has 1 atom stereocenters. The summed E-state index contributed by atoms with van der Waals surface area (Å²) in [5.74, 6) is 1.75. The topological polar surface area (TPSA) is 47.0 Å². The van der Waals surface area contributed by atoms with Crippen molar-refractivity contribution >= 4 is 27.4 Å².